The van der Waals surface area contributed by atoms with Crippen molar-refractivity contribution in [3.8, 4) is 5.75 Å². The lowest BCUT2D eigenvalue weighted by molar-refractivity contribution is -0.139. The molecule has 144 valence electrons. The molecule has 0 saturated carbocycles. The van der Waals surface area contributed by atoms with Crippen molar-refractivity contribution < 1.29 is 9.53 Å². The number of carbonyl (C=O) groups excluding carboxylic acids is 1. The monoisotopic (exact) mass is 406 g/mol. The quantitative estimate of drug-likeness (QED) is 0.713. The summed E-state index contributed by atoms with van der Waals surface area (Å²) >= 11 is 12.2. The van der Waals surface area contributed by atoms with E-state index in [4.69, 9.17) is 27.9 Å². The second-order valence-corrected chi connectivity index (χ2v) is 7.56. The maximum absolute atomic E-state index is 12.9. The van der Waals surface area contributed by atoms with Crippen LogP contribution < -0.4 is 9.64 Å². The minimum absolute atomic E-state index is 0.0378. The Morgan fingerprint density at radius 3 is 2.48 bits per heavy atom. The summed E-state index contributed by atoms with van der Waals surface area (Å²) in [5.41, 5.74) is 2.03. The smallest absolute Gasteiger partial charge is 0.263 e. The molecule has 1 aliphatic rings. The predicted molar refractivity (Wildman–Crippen MR) is 111 cm³/mol. The van der Waals surface area contributed by atoms with Gasteiger partial charge in [0.1, 0.15) is 5.75 Å². The molecule has 1 atom stereocenters. The van der Waals surface area contributed by atoms with Crippen LogP contribution in [0.4, 0.5) is 5.69 Å². The highest BCUT2D eigenvalue weighted by Gasteiger charge is 2.28. The number of anilines is 1. The molecule has 2 aromatic carbocycles. The highest BCUT2D eigenvalue weighted by Crippen LogP contribution is 2.24. The molecule has 0 aliphatic carbocycles. The maximum atomic E-state index is 12.9. The van der Waals surface area contributed by atoms with Crippen LogP contribution in [0.2, 0.25) is 10.0 Å². The summed E-state index contributed by atoms with van der Waals surface area (Å²) in [5.74, 6) is 0.713. The molecule has 6 heteroatoms. The van der Waals surface area contributed by atoms with Crippen molar-refractivity contribution in [2.45, 2.75) is 26.4 Å². The molecule has 1 aliphatic heterocycles. The Hall–Kier alpha value is -1.91. The van der Waals surface area contributed by atoms with E-state index in [0.717, 1.165) is 29.4 Å². The number of ether oxygens (including phenoxy) is 1. The Morgan fingerprint density at radius 1 is 1.11 bits per heavy atom. The average Bonchev–Trinajstić information content (AvgIpc) is 2.68. The second-order valence-electron chi connectivity index (χ2n) is 6.72. The number of benzene rings is 2. The number of rotatable bonds is 5. The number of hydrogen-bond donors (Lipinski definition) is 0. The van der Waals surface area contributed by atoms with Crippen LogP contribution in [0.1, 0.15) is 18.9 Å². The van der Waals surface area contributed by atoms with Gasteiger partial charge >= 0.3 is 0 Å². The van der Waals surface area contributed by atoms with Gasteiger partial charge in [-0.15, -0.1) is 0 Å². The highest BCUT2D eigenvalue weighted by atomic mass is 35.5. The lowest BCUT2D eigenvalue weighted by Gasteiger charge is -2.37. The number of amides is 1. The molecule has 0 spiro atoms. The van der Waals surface area contributed by atoms with E-state index >= 15 is 0 Å². The molecule has 1 heterocycles. The van der Waals surface area contributed by atoms with Crippen molar-refractivity contribution in [2.24, 2.45) is 0 Å². The Bertz CT molecular complexity index is 805. The fourth-order valence-electron chi connectivity index (χ4n) is 3.22. The molecule has 1 amide bonds. The van der Waals surface area contributed by atoms with Crippen molar-refractivity contribution in [1.29, 1.82) is 0 Å². The Balaban J connectivity index is 1.60. The van der Waals surface area contributed by atoms with E-state index in [1.807, 2.05) is 55.1 Å². The zero-order chi connectivity index (χ0) is 19.4. The Labute approximate surface area is 170 Å². The fraction of sp³-hybridized carbons (Fsp3) is 0.381. The van der Waals surface area contributed by atoms with Gasteiger partial charge in [-0.2, -0.15) is 0 Å². The van der Waals surface area contributed by atoms with Gasteiger partial charge in [0.05, 0.1) is 0 Å². The van der Waals surface area contributed by atoms with Gasteiger partial charge in [-0.1, -0.05) is 36.2 Å². The molecule has 2 aromatic rings. The largest absolute Gasteiger partial charge is 0.481 e. The van der Waals surface area contributed by atoms with E-state index < -0.39 is 6.10 Å². The van der Waals surface area contributed by atoms with Gasteiger partial charge in [0.2, 0.25) is 0 Å². The van der Waals surface area contributed by atoms with E-state index in [1.165, 1.54) is 0 Å². The lowest BCUT2D eigenvalue weighted by Crippen LogP contribution is -2.52. The number of hydrogen-bond acceptors (Lipinski definition) is 3. The maximum Gasteiger partial charge on any atom is 0.263 e. The van der Waals surface area contributed by atoms with Gasteiger partial charge in [-0.05, 0) is 55.3 Å². The Morgan fingerprint density at radius 2 is 1.85 bits per heavy atom. The first kappa shape index (κ1) is 19.8. The van der Waals surface area contributed by atoms with Crippen LogP contribution in [-0.2, 0) is 4.79 Å². The van der Waals surface area contributed by atoms with Gasteiger partial charge in [-0.25, -0.2) is 0 Å². The molecule has 0 radical (unpaired) electrons. The minimum Gasteiger partial charge on any atom is -0.481 e. The van der Waals surface area contributed by atoms with Gasteiger partial charge in [0, 0.05) is 41.9 Å². The van der Waals surface area contributed by atoms with E-state index in [2.05, 4.69) is 4.90 Å². The minimum atomic E-state index is -0.483. The van der Waals surface area contributed by atoms with Crippen LogP contribution in [0.25, 0.3) is 0 Å². The first-order chi connectivity index (χ1) is 13.0. The molecule has 0 aromatic heterocycles. The fourth-order valence-corrected chi connectivity index (χ4v) is 3.53. The van der Waals surface area contributed by atoms with E-state index in [1.54, 1.807) is 6.07 Å². The van der Waals surface area contributed by atoms with Crippen molar-refractivity contribution in [1.82, 2.24) is 4.90 Å². The third kappa shape index (κ3) is 4.88. The lowest BCUT2D eigenvalue weighted by atomic mass is 10.2. The number of piperazine rings is 1. The summed E-state index contributed by atoms with van der Waals surface area (Å²) in [6.07, 6.45) is 0.137. The SMILES string of the molecule is CCC(Oc1ccc(Cl)c(C)c1)C(=O)N1CCN(c2cccc(Cl)c2)CC1. The molecule has 1 unspecified atom stereocenters. The van der Waals surface area contributed by atoms with Crippen LogP contribution in [-0.4, -0.2) is 43.1 Å². The van der Waals surface area contributed by atoms with Crippen LogP contribution in [0, 0.1) is 6.92 Å². The molecule has 1 fully saturated rings. The summed E-state index contributed by atoms with van der Waals surface area (Å²) in [5, 5.41) is 1.42. The Kier molecular flexibility index (Phi) is 6.51. The summed E-state index contributed by atoms with van der Waals surface area (Å²) in [6, 6.07) is 13.3. The molecule has 3 rings (SSSR count). The second kappa shape index (κ2) is 8.85. The molecule has 0 N–H and O–H groups in total. The van der Waals surface area contributed by atoms with Crippen LogP contribution >= 0.6 is 23.2 Å². The number of aryl methyl sites for hydroxylation is 1. The number of halogens is 2. The van der Waals surface area contributed by atoms with Crippen molar-refractivity contribution in [3.05, 3.63) is 58.1 Å². The normalized spacial score (nSPS) is 15.6. The first-order valence-corrected chi connectivity index (χ1v) is 9.95. The topological polar surface area (TPSA) is 32.8 Å². The molecule has 1 saturated heterocycles. The van der Waals surface area contributed by atoms with Crippen LogP contribution in [0.5, 0.6) is 5.75 Å². The first-order valence-electron chi connectivity index (χ1n) is 9.20. The van der Waals surface area contributed by atoms with Gasteiger partial charge in [0.25, 0.3) is 5.91 Å². The van der Waals surface area contributed by atoms with E-state index in [9.17, 15) is 4.79 Å². The molecular formula is C21H24Cl2N2O2. The average molecular weight is 407 g/mol. The third-order valence-electron chi connectivity index (χ3n) is 4.82. The zero-order valence-corrected chi connectivity index (χ0v) is 17.1. The molecule has 0 bridgehead atoms. The summed E-state index contributed by atoms with van der Waals surface area (Å²) in [6.45, 7) is 6.79. The zero-order valence-electron chi connectivity index (χ0n) is 15.6. The van der Waals surface area contributed by atoms with Crippen LogP contribution in [0.15, 0.2) is 42.5 Å². The van der Waals surface area contributed by atoms with Crippen molar-refractivity contribution >= 4 is 34.8 Å². The molecule has 4 nitrogen and oxygen atoms in total. The van der Waals surface area contributed by atoms with Gasteiger partial charge < -0.3 is 14.5 Å². The summed E-state index contributed by atoms with van der Waals surface area (Å²) in [7, 11) is 0. The summed E-state index contributed by atoms with van der Waals surface area (Å²) in [4.78, 5) is 17.1. The highest BCUT2D eigenvalue weighted by molar-refractivity contribution is 6.31. The number of nitrogens with zero attached hydrogens (tertiary/aromatic N) is 2. The molecule has 27 heavy (non-hydrogen) atoms. The van der Waals surface area contributed by atoms with E-state index in [-0.39, 0.29) is 5.91 Å². The summed E-state index contributed by atoms with van der Waals surface area (Å²) < 4.78 is 5.96. The van der Waals surface area contributed by atoms with Crippen LogP contribution in [0.3, 0.4) is 0 Å². The van der Waals surface area contributed by atoms with Gasteiger partial charge in [0.15, 0.2) is 6.10 Å². The van der Waals surface area contributed by atoms with E-state index in [0.29, 0.717) is 30.3 Å². The van der Waals surface area contributed by atoms with Gasteiger partial charge in [-0.3, -0.25) is 4.79 Å². The van der Waals surface area contributed by atoms with Crippen molar-refractivity contribution in [2.75, 3.05) is 31.1 Å². The standard InChI is InChI=1S/C21H24Cl2N2O2/c1-3-20(27-18-7-8-19(23)15(2)13-18)21(26)25-11-9-24(10-12-25)17-6-4-5-16(22)14-17/h4-8,13-14,20H,3,9-12H2,1-2H3. The predicted octanol–water partition coefficient (Wildman–Crippen LogP) is 4.81. The number of carbonyl (C=O) groups is 1. The van der Waals surface area contributed by atoms with Crippen molar-refractivity contribution in [3.63, 3.8) is 0 Å². The third-order valence-corrected chi connectivity index (χ3v) is 5.48. The molecular weight excluding hydrogens is 383 g/mol.